The van der Waals surface area contributed by atoms with E-state index in [9.17, 15) is 0 Å². The molecule has 1 aliphatic carbocycles. The van der Waals surface area contributed by atoms with E-state index in [-0.39, 0.29) is 11.0 Å². The third kappa shape index (κ3) is 2.27. The van der Waals surface area contributed by atoms with Crippen molar-refractivity contribution in [2.24, 2.45) is 5.73 Å². The summed E-state index contributed by atoms with van der Waals surface area (Å²) in [7, 11) is 0. The summed E-state index contributed by atoms with van der Waals surface area (Å²) in [5.74, 6) is 0.923. The topological polar surface area (TPSA) is 54.7 Å². The minimum atomic E-state index is -0.197. The third-order valence-corrected chi connectivity index (χ3v) is 4.22. The van der Waals surface area contributed by atoms with E-state index in [1.165, 1.54) is 16.7 Å². The summed E-state index contributed by atoms with van der Waals surface area (Å²) in [6.07, 6.45) is 3.96. The largest absolute Gasteiger partial charge is 0.340 e. The molecule has 1 aromatic heterocycles. The minimum Gasteiger partial charge on any atom is -0.340 e. The fraction of sp³-hybridized carbons (Fsp3) is 0.471. The Labute approximate surface area is 120 Å². The van der Waals surface area contributed by atoms with Crippen molar-refractivity contribution < 1.29 is 0 Å². The molecule has 0 atom stereocenters. The molecule has 3 rings (SSSR count). The normalized spacial score (nSPS) is 17.2. The number of nitrogens with one attached hydrogen (secondary N) is 1. The van der Waals surface area contributed by atoms with Gasteiger partial charge in [-0.2, -0.15) is 0 Å². The van der Waals surface area contributed by atoms with Crippen LogP contribution in [0.15, 0.2) is 24.4 Å². The van der Waals surface area contributed by atoms with Gasteiger partial charge in [0.05, 0.1) is 17.4 Å². The zero-order valence-electron chi connectivity index (χ0n) is 12.7. The summed E-state index contributed by atoms with van der Waals surface area (Å²) in [6.45, 7) is 8.86. The molecule has 0 radical (unpaired) electrons. The Morgan fingerprint density at radius 1 is 1.25 bits per heavy atom. The van der Waals surface area contributed by atoms with Gasteiger partial charge in [0.2, 0.25) is 0 Å². The van der Waals surface area contributed by atoms with Crippen molar-refractivity contribution in [3.05, 3.63) is 41.3 Å². The van der Waals surface area contributed by atoms with E-state index in [0.29, 0.717) is 0 Å². The van der Waals surface area contributed by atoms with Gasteiger partial charge < -0.3 is 10.7 Å². The maximum Gasteiger partial charge on any atom is 0.126 e. The summed E-state index contributed by atoms with van der Waals surface area (Å²) in [4.78, 5) is 7.85. The van der Waals surface area contributed by atoms with Crippen molar-refractivity contribution in [1.29, 1.82) is 0 Å². The van der Waals surface area contributed by atoms with Gasteiger partial charge in [-0.25, -0.2) is 4.98 Å². The minimum absolute atomic E-state index is 0.178. The SMILES string of the molecule is Cc1cc(C(C)(C)C)ccc1-c1cnc(C2(N)CC2)[nH]1. The van der Waals surface area contributed by atoms with Crippen molar-refractivity contribution in [2.75, 3.05) is 0 Å². The van der Waals surface area contributed by atoms with Gasteiger partial charge in [-0.05, 0) is 36.3 Å². The maximum absolute atomic E-state index is 6.18. The van der Waals surface area contributed by atoms with Gasteiger partial charge in [-0.15, -0.1) is 0 Å². The first-order chi connectivity index (χ1) is 9.29. The van der Waals surface area contributed by atoms with Crippen molar-refractivity contribution in [3.8, 4) is 11.3 Å². The van der Waals surface area contributed by atoms with Gasteiger partial charge in [0.25, 0.3) is 0 Å². The number of aryl methyl sites for hydroxylation is 1. The lowest BCUT2D eigenvalue weighted by molar-refractivity contribution is 0.590. The average Bonchev–Trinajstić information content (AvgIpc) is 2.91. The number of hydrogen-bond donors (Lipinski definition) is 2. The molecule has 1 saturated carbocycles. The van der Waals surface area contributed by atoms with Crippen LogP contribution >= 0.6 is 0 Å². The monoisotopic (exact) mass is 269 g/mol. The summed E-state index contributed by atoms with van der Waals surface area (Å²) in [5, 5.41) is 0. The van der Waals surface area contributed by atoms with Crippen LogP contribution < -0.4 is 5.73 Å². The summed E-state index contributed by atoms with van der Waals surface area (Å²) >= 11 is 0. The van der Waals surface area contributed by atoms with Gasteiger partial charge in [0, 0.05) is 5.56 Å². The zero-order chi connectivity index (χ0) is 14.5. The molecule has 20 heavy (non-hydrogen) atoms. The second-order valence-corrected chi connectivity index (χ2v) is 7.08. The Morgan fingerprint density at radius 3 is 2.50 bits per heavy atom. The molecule has 3 N–H and O–H groups in total. The predicted molar refractivity (Wildman–Crippen MR) is 82.6 cm³/mol. The summed E-state index contributed by atoms with van der Waals surface area (Å²) < 4.78 is 0. The first kappa shape index (κ1) is 13.4. The van der Waals surface area contributed by atoms with Crippen LogP contribution in [0, 0.1) is 6.92 Å². The molecule has 0 amide bonds. The number of H-pyrrole nitrogens is 1. The van der Waals surface area contributed by atoms with E-state index in [1.54, 1.807) is 0 Å². The van der Waals surface area contributed by atoms with Crippen LogP contribution in [0.2, 0.25) is 0 Å². The molecule has 2 aromatic rings. The summed E-state index contributed by atoms with van der Waals surface area (Å²) in [6, 6.07) is 6.66. The lowest BCUT2D eigenvalue weighted by atomic mass is 9.85. The Hall–Kier alpha value is -1.61. The predicted octanol–water partition coefficient (Wildman–Crippen LogP) is 3.63. The second-order valence-electron chi connectivity index (χ2n) is 7.08. The molecule has 1 aliphatic rings. The molecule has 1 heterocycles. The molecule has 3 heteroatoms. The van der Waals surface area contributed by atoms with E-state index < -0.39 is 0 Å². The average molecular weight is 269 g/mol. The highest BCUT2D eigenvalue weighted by Crippen LogP contribution is 2.41. The number of imidazole rings is 1. The van der Waals surface area contributed by atoms with Crippen molar-refractivity contribution in [2.45, 2.75) is 51.5 Å². The van der Waals surface area contributed by atoms with E-state index in [1.807, 2.05) is 6.20 Å². The molecule has 0 unspecified atom stereocenters. The smallest absolute Gasteiger partial charge is 0.126 e. The molecule has 0 bridgehead atoms. The lowest BCUT2D eigenvalue weighted by Crippen LogP contribution is -2.20. The molecule has 3 nitrogen and oxygen atoms in total. The first-order valence-corrected chi connectivity index (χ1v) is 7.25. The maximum atomic E-state index is 6.18. The number of benzene rings is 1. The van der Waals surface area contributed by atoms with Crippen molar-refractivity contribution in [3.63, 3.8) is 0 Å². The molecule has 0 saturated heterocycles. The van der Waals surface area contributed by atoms with Crippen LogP contribution in [-0.4, -0.2) is 9.97 Å². The van der Waals surface area contributed by atoms with E-state index >= 15 is 0 Å². The Kier molecular flexibility index (Phi) is 2.80. The van der Waals surface area contributed by atoms with Gasteiger partial charge in [0.15, 0.2) is 0 Å². The van der Waals surface area contributed by atoms with Crippen LogP contribution in [0.4, 0.5) is 0 Å². The van der Waals surface area contributed by atoms with Gasteiger partial charge in [-0.3, -0.25) is 0 Å². The molecule has 106 valence electrons. The standard InChI is InChI=1S/C17H23N3/c1-11-9-12(16(2,3)4)5-6-13(11)14-10-19-15(20-14)17(18)7-8-17/h5-6,9-10H,7-8,18H2,1-4H3,(H,19,20). The van der Waals surface area contributed by atoms with Crippen molar-refractivity contribution in [1.82, 2.24) is 9.97 Å². The van der Waals surface area contributed by atoms with Crippen LogP contribution in [0.3, 0.4) is 0 Å². The number of nitrogens with zero attached hydrogens (tertiary/aromatic N) is 1. The first-order valence-electron chi connectivity index (χ1n) is 7.25. The highest BCUT2D eigenvalue weighted by Gasteiger charge is 2.42. The molecular weight excluding hydrogens is 246 g/mol. The summed E-state index contributed by atoms with van der Waals surface area (Å²) in [5.41, 5.74) is 11.1. The van der Waals surface area contributed by atoms with E-state index in [0.717, 1.165) is 24.4 Å². The van der Waals surface area contributed by atoms with Crippen LogP contribution in [-0.2, 0) is 11.0 Å². The number of hydrogen-bond acceptors (Lipinski definition) is 2. The van der Waals surface area contributed by atoms with E-state index in [4.69, 9.17) is 5.73 Å². The number of nitrogens with two attached hydrogens (primary N) is 1. The van der Waals surface area contributed by atoms with Crippen LogP contribution in [0.5, 0.6) is 0 Å². The Balaban J connectivity index is 1.96. The van der Waals surface area contributed by atoms with Crippen LogP contribution in [0.25, 0.3) is 11.3 Å². The Morgan fingerprint density at radius 2 is 1.95 bits per heavy atom. The molecule has 1 fully saturated rings. The van der Waals surface area contributed by atoms with Crippen LogP contribution in [0.1, 0.15) is 50.6 Å². The Bertz CT molecular complexity index is 642. The molecule has 0 aliphatic heterocycles. The highest BCUT2D eigenvalue weighted by molar-refractivity contribution is 5.64. The quantitative estimate of drug-likeness (QED) is 0.874. The van der Waals surface area contributed by atoms with Gasteiger partial charge in [0.1, 0.15) is 5.82 Å². The van der Waals surface area contributed by atoms with Gasteiger partial charge >= 0.3 is 0 Å². The molecule has 0 spiro atoms. The fourth-order valence-corrected chi connectivity index (χ4v) is 2.51. The number of aromatic nitrogens is 2. The highest BCUT2D eigenvalue weighted by atomic mass is 15.0. The fourth-order valence-electron chi connectivity index (χ4n) is 2.51. The van der Waals surface area contributed by atoms with E-state index in [2.05, 4.69) is 55.9 Å². The molecule has 1 aromatic carbocycles. The number of rotatable bonds is 2. The third-order valence-electron chi connectivity index (χ3n) is 4.22. The molecular formula is C17H23N3. The number of aromatic amines is 1. The second kappa shape index (κ2) is 4.19. The zero-order valence-corrected chi connectivity index (χ0v) is 12.7. The van der Waals surface area contributed by atoms with Gasteiger partial charge in [-0.1, -0.05) is 39.0 Å². The lowest BCUT2D eigenvalue weighted by Gasteiger charge is -2.20. The van der Waals surface area contributed by atoms with Crippen molar-refractivity contribution >= 4 is 0 Å².